The second kappa shape index (κ2) is 7.53. The molecule has 0 unspecified atom stereocenters. The Hall–Kier alpha value is -3.04. The molecule has 1 amide bonds. The quantitative estimate of drug-likeness (QED) is 0.144. The average Bonchev–Trinajstić information content (AvgIpc) is 2.72. The van der Waals surface area contributed by atoms with Crippen LogP contribution in [0.25, 0.3) is 27.3 Å². The first kappa shape index (κ1) is 18.3. The maximum Gasteiger partial charge on any atom is 0.282 e. The van der Waals surface area contributed by atoms with Gasteiger partial charge < -0.3 is 5.32 Å². The third kappa shape index (κ3) is 3.30. The van der Waals surface area contributed by atoms with Crippen LogP contribution in [0.5, 0.6) is 0 Å². The van der Waals surface area contributed by atoms with E-state index < -0.39 is 5.91 Å². The van der Waals surface area contributed by atoms with Crippen LogP contribution in [0.15, 0.2) is 51.7 Å². The smallest absolute Gasteiger partial charge is 0.282 e. The van der Waals surface area contributed by atoms with Crippen molar-refractivity contribution in [3.63, 3.8) is 0 Å². The van der Waals surface area contributed by atoms with Gasteiger partial charge in [-0.2, -0.15) is 4.52 Å². The molecule has 2 heterocycles. The van der Waals surface area contributed by atoms with Crippen molar-refractivity contribution < 1.29 is 10.0 Å². The maximum atomic E-state index is 13.0. The van der Waals surface area contributed by atoms with Crippen LogP contribution in [-0.4, -0.2) is 32.3 Å². The number of hydroxylamine groups is 1. The number of aromatic nitrogens is 3. The number of hydrogen-bond donors (Lipinski definition) is 3. The summed E-state index contributed by atoms with van der Waals surface area (Å²) in [4.78, 5) is 28.8. The van der Waals surface area contributed by atoms with Crippen molar-refractivity contribution in [2.45, 2.75) is 12.8 Å². The SMILES string of the molecule is O=C(CCCNc1nn2c(=O)c3cc(Br)ccc3nc2c2ccccc12)NO. The Morgan fingerprint density at radius 2 is 1.93 bits per heavy atom. The number of hydrogen-bond acceptors (Lipinski definition) is 6. The van der Waals surface area contributed by atoms with E-state index in [0.717, 1.165) is 15.2 Å². The number of nitrogens with zero attached hydrogens (tertiary/aromatic N) is 3. The Balaban J connectivity index is 1.85. The summed E-state index contributed by atoms with van der Waals surface area (Å²) < 4.78 is 2.10. The Morgan fingerprint density at radius 1 is 1.14 bits per heavy atom. The average molecular weight is 442 g/mol. The Morgan fingerprint density at radius 3 is 2.71 bits per heavy atom. The predicted octanol–water partition coefficient (Wildman–Crippen LogP) is 2.86. The lowest BCUT2D eigenvalue weighted by Crippen LogP contribution is -2.21. The molecule has 28 heavy (non-hydrogen) atoms. The highest BCUT2D eigenvalue weighted by Gasteiger charge is 2.13. The van der Waals surface area contributed by atoms with Crippen LogP contribution < -0.4 is 16.4 Å². The first-order valence-electron chi connectivity index (χ1n) is 8.66. The van der Waals surface area contributed by atoms with Crippen molar-refractivity contribution in [1.29, 1.82) is 0 Å². The molecule has 0 spiro atoms. The Bertz CT molecular complexity index is 1270. The van der Waals surface area contributed by atoms with Crippen molar-refractivity contribution >= 4 is 55.0 Å². The van der Waals surface area contributed by atoms with Crippen LogP contribution in [0, 0.1) is 0 Å². The van der Waals surface area contributed by atoms with Gasteiger partial charge in [-0.3, -0.25) is 14.8 Å². The summed E-state index contributed by atoms with van der Waals surface area (Å²) in [5.74, 6) is 0.0846. The van der Waals surface area contributed by atoms with Gasteiger partial charge in [-0.15, -0.1) is 5.10 Å². The highest BCUT2D eigenvalue weighted by molar-refractivity contribution is 9.10. The summed E-state index contributed by atoms with van der Waals surface area (Å²) in [7, 11) is 0. The van der Waals surface area contributed by atoms with Crippen LogP contribution in [0.3, 0.4) is 0 Å². The first-order chi connectivity index (χ1) is 13.6. The summed E-state index contributed by atoms with van der Waals surface area (Å²) in [6.07, 6.45) is 0.674. The lowest BCUT2D eigenvalue weighted by molar-refractivity contribution is -0.129. The van der Waals surface area contributed by atoms with Crippen molar-refractivity contribution in [3.8, 4) is 0 Å². The zero-order valence-electron chi connectivity index (χ0n) is 14.6. The lowest BCUT2D eigenvalue weighted by Gasteiger charge is -2.12. The second-order valence-electron chi connectivity index (χ2n) is 6.27. The molecule has 0 atom stereocenters. The molecule has 4 aromatic rings. The van der Waals surface area contributed by atoms with E-state index in [0.29, 0.717) is 35.3 Å². The van der Waals surface area contributed by atoms with Gasteiger partial charge in [0, 0.05) is 28.2 Å². The number of rotatable bonds is 5. The van der Waals surface area contributed by atoms with Crippen molar-refractivity contribution in [2.75, 3.05) is 11.9 Å². The molecule has 0 saturated carbocycles. The second-order valence-corrected chi connectivity index (χ2v) is 7.19. The van der Waals surface area contributed by atoms with Gasteiger partial charge in [-0.1, -0.05) is 40.2 Å². The van der Waals surface area contributed by atoms with Crippen LogP contribution in [0.4, 0.5) is 5.82 Å². The van der Waals surface area contributed by atoms with Gasteiger partial charge >= 0.3 is 0 Å². The maximum absolute atomic E-state index is 13.0. The van der Waals surface area contributed by atoms with E-state index in [9.17, 15) is 9.59 Å². The molecule has 9 heteroatoms. The summed E-state index contributed by atoms with van der Waals surface area (Å²) in [5, 5.41) is 18.3. The number of halogens is 1. The molecule has 0 bridgehead atoms. The molecule has 4 rings (SSSR count). The molecule has 0 aliphatic carbocycles. The lowest BCUT2D eigenvalue weighted by atomic mass is 10.1. The highest BCUT2D eigenvalue weighted by Crippen LogP contribution is 2.25. The molecule has 8 nitrogen and oxygen atoms in total. The third-order valence-corrected chi connectivity index (χ3v) is 4.92. The van der Waals surface area contributed by atoms with E-state index >= 15 is 0 Å². The monoisotopic (exact) mass is 441 g/mol. The number of fused-ring (bicyclic) bond motifs is 4. The highest BCUT2D eigenvalue weighted by atomic mass is 79.9. The summed E-state index contributed by atoms with van der Waals surface area (Å²) >= 11 is 3.39. The Kier molecular flexibility index (Phi) is 4.93. The predicted molar refractivity (Wildman–Crippen MR) is 110 cm³/mol. The van der Waals surface area contributed by atoms with Gasteiger partial charge in [0.2, 0.25) is 5.91 Å². The van der Waals surface area contributed by atoms with Crippen molar-refractivity contribution in [1.82, 2.24) is 20.1 Å². The molecule has 2 aromatic heterocycles. The van der Waals surface area contributed by atoms with E-state index in [1.807, 2.05) is 30.3 Å². The fourth-order valence-corrected chi connectivity index (χ4v) is 3.46. The number of nitrogens with one attached hydrogen (secondary N) is 2. The number of amides is 1. The minimum Gasteiger partial charge on any atom is -0.368 e. The van der Waals surface area contributed by atoms with Gasteiger partial charge in [-0.25, -0.2) is 10.5 Å². The Labute approximate surface area is 167 Å². The molecule has 0 fully saturated rings. The normalized spacial score (nSPS) is 11.2. The molecule has 0 aliphatic heterocycles. The molecular formula is C19H16BrN5O3. The number of anilines is 1. The van der Waals surface area contributed by atoms with E-state index in [2.05, 4.69) is 31.3 Å². The molecule has 142 valence electrons. The minimum absolute atomic E-state index is 0.176. The van der Waals surface area contributed by atoms with Gasteiger partial charge in [0.25, 0.3) is 5.56 Å². The van der Waals surface area contributed by atoms with Gasteiger partial charge in [0.1, 0.15) is 0 Å². The number of carbonyl (C=O) groups excluding carboxylic acids is 1. The van der Waals surface area contributed by atoms with E-state index in [1.165, 1.54) is 4.52 Å². The largest absolute Gasteiger partial charge is 0.368 e. The van der Waals surface area contributed by atoms with Crippen LogP contribution >= 0.6 is 15.9 Å². The van der Waals surface area contributed by atoms with E-state index in [-0.39, 0.29) is 12.0 Å². The molecule has 2 aromatic carbocycles. The zero-order valence-corrected chi connectivity index (χ0v) is 16.2. The van der Waals surface area contributed by atoms with E-state index in [1.54, 1.807) is 17.6 Å². The molecule has 3 N–H and O–H groups in total. The van der Waals surface area contributed by atoms with Crippen LogP contribution in [0.1, 0.15) is 12.8 Å². The number of carbonyl (C=O) groups is 1. The van der Waals surface area contributed by atoms with Gasteiger partial charge in [0.15, 0.2) is 11.5 Å². The number of benzene rings is 2. The van der Waals surface area contributed by atoms with Crippen molar-refractivity contribution in [2.24, 2.45) is 0 Å². The molecule has 0 aliphatic rings. The van der Waals surface area contributed by atoms with E-state index in [4.69, 9.17) is 5.21 Å². The fourth-order valence-electron chi connectivity index (χ4n) is 3.10. The standard InChI is InChI=1S/C19H16BrN5O3/c20-11-7-8-15-14(10-11)19(27)25-18(22-15)13-5-2-1-4-12(13)17(23-25)21-9-3-6-16(26)24-28/h1-2,4-5,7-8,10,28H,3,6,9H2,(H,21,23)(H,24,26). The van der Waals surface area contributed by atoms with Gasteiger partial charge in [0.05, 0.1) is 10.9 Å². The van der Waals surface area contributed by atoms with Crippen LogP contribution in [-0.2, 0) is 4.79 Å². The van der Waals surface area contributed by atoms with Crippen LogP contribution in [0.2, 0.25) is 0 Å². The molecule has 0 radical (unpaired) electrons. The molecular weight excluding hydrogens is 426 g/mol. The third-order valence-electron chi connectivity index (χ3n) is 4.43. The zero-order chi connectivity index (χ0) is 19.7. The summed E-state index contributed by atoms with van der Waals surface area (Å²) in [6, 6.07) is 13.0. The first-order valence-corrected chi connectivity index (χ1v) is 9.45. The van der Waals surface area contributed by atoms with Gasteiger partial charge in [-0.05, 0) is 24.6 Å². The topological polar surface area (TPSA) is 109 Å². The fraction of sp³-hybridized carbons (Fsp3) is 0.158. The molecule has 0 saturated heterocycles. The van der Waals surface area contributed by atoms with Crippen molar-refractivity contribution in [3.05, 3.63) is 57.3 Å². The minimum atomic E-state index is -0.449. The summed E-state index contributed by atoms with van der Waals surface area (Å²) in [6.45, 7) is 0.456. The summed E-state index contributed by atoms with van der Waals surface area (Å²) in [5.41, 5.74) is 2.45.